The van der Waals surface area contributed by atoms with Crippen LogP contribution < -0.4 is 19.5 Å². The minimum Gasteiger partial charge on any atom is -0.486 e. The molecule has 2 aromatic carbocycles. The van der Waals surface area contributed by atoms with Gasteiger partial charge in [0.1, 0.15) is 12.7 Å². The van der Waals surface area contributed by atoms with Gasteiger partial charge in [0, 0.05) is 0 Å². The van der Waals surface area contributed by atoms with E-state index >= 15 is 0 Å². The van der Waals surface area contributed by atoms with E-state index in [4.69, 9.17) is 14.2 Å². The summed E-state index contributed by atoms with van der Waals surface area (Å²) in [5, 5.41) is 2.78. The van der Waals surface area contributed by atoms with Gasteiger partial charge in [-0.1, -0.05) is 31.2 Å². The fraction of sp³-hybridized carbons (Fsp3) is 0.316. The molecule has 0 saturated carbocycles. The topological polar surface area (TPSA) is 56.8 Å². The summed E-state index contributed by atoms with van der Waals surface area (Å²) in [7, 11) is 0. The van der Waals surface area contributed by atoms with Crippen LogP contribution in [0.4, 0.5) is 4.39 Å². The van der Waals surface area contributed by atoms with Crippen molar-refractivity contribution in [3.63, 3.8) is 0 Å². The Hall–Kier alpha value is -2.76. The molecule has 132 valence electrons. The van der Waals surface area contributed by atoms with E-state index in [9.17, 15) is 9.18 Å². The fourth-order valence-electron chi connectivity index (χ4n) is 2.51. The minimum absolute atomic E-state index is 0.0654. The maximum absolute atomic E-state index is 13.7. The first-order valence-electron chi connectivity index (χ1n) is 8.24. The highest BCUT2D eigenvalue weighted by atomic mass is 19.1. The van der Waals surface area contributed by atoms with Gasteiger partial charge in [0.15, 0.2) is 29.2 Å². The molecule has 1 aliphatic heterocycles. The van der Waals surface area contributed by atoms with E-state index < -0.39 is 11.9 Å². The van der Waals surface area contributed by atoms with Gasteiger partial charge in [-0.3, -0.25) is 4.79 Å². The number of benzene rings is 2. The summed E-state index contributed by atoms with van der Waals surface area (Å²) in [6.07, 6.45) is -0.635. The Morgan fingerprint density at radius 3 is 2.72 bits per heavy atom. The van der Waals surface area contributed by atoms with Gasteiger partial charge >= 0.3 is 0 Å². The second-order valence-electron chi connectivity index (χ2n) is 5.69. The van der Waals surface area contributed by atoms with Crippen LogP contribution >= 0.6 is 0 Å². The number of hydrogen-bond donors (Lipinski definition) is 1. The lowest BCUT2D eigenvalue weighted by Crippen LogP contribution is -2.45. The zero-order valence-electron chi connectivity index (χ0n) is 13.9. The Morgan fingerprint density at radius 1 is 1.24 bits per heavy atom. The molecule has 1 N–H and O–H groups in total. The lowest BCUT2D eigenvalue weighted by molar-refractivity contribution is -0.128. The Bertz CT molecular complexity index is 737. The molecule has 1 heterocycles. The highest BCUT2D eigenvalue weighted by Gasteiger charge is 2.24. The SMILES string of the molecule is CC[C@H](Oc1ccccc1F)C(=O)NC[C@H]1COc2ccccc2O1. The van der Waals surface area contributed by atoms with Gasteiger partial charge in [-0.2, -0.15) is 0 Å². The number of para-hydroxylation sites is 3. The van der Waals surface area contributed by atoms with E-state index in [-0.39, 0.29) is 24.3 Å². The number of carbonyl (C=O) groups is 1. The van der Waals surface area contributed by atoms with Gasteiger partial charge in [-0.05, 0) is 30.7 Å². The summed E-state index contributed by atoms with van der Waals surface area (Å²) >= 11 is 0. The Morgan fingerprint density at radius 2 is 1.96 bits per heavy atom. The molecule has 5 nitrogen and oxygen atoms in total. The zero-order valence-corrected chi connectivity index (χ0v) is 13.9. The number of nitrogens with one attached hydrogen (secondary N) is 1. The van der Waals surface area contributed by atoms with Crippen molar-refractivity contribution in [2.24, 2.45) is 0 Å². The molecule has 0 fully saturated rings. The second kappa shape index (κ2) is 7.88. The van der Waals surface area contributed by atoms with Crippen molar-refractivity contribution in [2.75, 3.05) is 13.2 Å². The summed E-state index contributed by atoms with van der Waals surface area (Å²) in [6.45, 7) is 2.44. The Balaban J connectivity index is 1.54. The normalized spacial score (nSPS) is 16.8. The average Bonchev–Trinajstić information content (AvgIpc) is 2.65. The van der Waals surface area contributed by atoms with Crippen LogP contribution in [-0.4, -0.2) is 31.3 Å². The molecule has 0 saturated heterocycles. The number of ether oxygens (including phenoxy) is 3. The number of fused-ring (bicyclic) bond motifs is 1. The predicted octanol–water partition coefficient (Wildman–Crippen LogP) is 2.94. The first kappa shape index (κ1) is 17.1. The van der Waals surface area contributed by atoms with Crippen molar-refractivity contribution in [1.82, 2.24) is 5.32 Å². The quantitative estimate of drug-likeness (QED) is 0.875. The number of rotatable bonds is 6. The third-order valence-electron chi connectivity index (χ3n) is 3.84. The molecule has 0 radical (unpaired) electrons. The summed E-state index contributed by atoms with van der Waals surface area (Å²) in [6, 6.07) is 13.4. The molecule has 0 aromatic heterocycles. The molecule has 3 rings (SSSR count). The summed E-state index contributed by atoms with van der Waals surface area (Å²) in [5.41, 5.74) is 0. The first-order valence-corrected chi connectivity index (χ1v) is 8.24. The smallest absolute Gasteiger partial charge is 0.261 e. The average molecular weight is 345 g/mol. The van der Waals surface area contributed by atoms with Crippen LogP contribution in [0.25, 0.3) is 0 Å². The molecule has 1 aliphatic rings. The maximum atomic E-state index is 13.7. The minimum atomic E-state index is -0.770. The van der Waals surface area contributed by atoms with Crippen LogP contribution in [0.2, 0.25) is 0 Å². The summed E-state index contributed by atoms with van der Waals surface area (Å²) < 4.78 is 30.6. The lowest BCUT2D eigenvalue weighted by Gasteiger charge is -2.27. The Labute approximate surface area is 145 Å². The molecular formula is C19H20FNO4. The molecule has 6 heteroatoms. The van der Waals surface area contributed by atoms with Gasteiger partial charge in [0.25, 0.3) is 5.91 Å². The van der Waals surface area contributed by atoms with Crippen LogP contribution in [-0.2, 0) is 4.79 Å². The highest BCUT2D eigenvalue weighted by Crippen LogP contribution is 2.30. The number of carbonyl (C=O) groups excluding carboxylic acids is 1. The maximum Gasteiger partial charge on any atom is 0.261 e. The van der Waals surface area contributed by atoms with Gasteiger partial charge in [-0.15, -0.1) is 0 Å². The van der Waals surface area contributed by atoms with Crippen molar-refractivity contribution >= 4 is 5.91 Å². The molecule has 0 unspecified atom stereocenters. The molecule has 2 aromatic rings. The van der Waals surface area contributed by atoms with Crippen LogP contribution in [0.5, 0.6) is 17.2 Å². The van der Waals surface area contributed by atoms with Crippen molar-refractivity contribution < 1.29 is 23.4 Å². The fourth-order valence-corrected chi connectivity index (χ4v) is 2.51. The molecule has 1 amide bonds. The van der Waals surface area contributed by atoms with Crippen molar-refractivity contribution in [1.29, 1.82) is 0 Å². The van der Waals surface area contributed by atoms with Crippen molar-refractivity contribution in [2.45, 2.75) is 25.6 Å². The van der Waals surface area contributed by atoms with Gasteiger partial charge in [0.2, 0.25) is 0 Å². The van der Waals surface area contributed by atoms with Gasteiger partial charge < -0.3 is 19.5 Å². The predicted molar refractivity (Wildman–Crippen MR) is 90.5 cm³/mol. The lowest BCUT2D eigenvalue weighted by atomic mass is 10.2. The molecular weight excluding hydrogens is 325 g/mol. The van der Waals surface area contributed by atoms with Crippen LogP contribution in [0.3, 0.4) is 0 Å². The second-order valence-corrected chi connectivity index (χ2v) is 5.69. The number of amides is 1. The number of halogens is 1. The monoisotopic (exact) mass is 345 g/mol. The van der Waals surface area contributed by atoms with Gasteiger partial charge in [-0.25, -0.2) is 4.39 Å². The van der Waals surface area contributed by atoms with Crippen LogP contribution in [0.15, 0.2) is 48.5 Å². The molecule has 0 aliphatic carbocycles. The largest absolute Gasteiger partial charge is 0.486 e. The summed E-state index contributed by atoms with van der Waals surface area (Å²) in [4.78, 5) is 12.3. The van der Waals surface area contributed by atoms with Gasteiger partial charge in [0.05, 0.1) is 6.54 Å². The van der Waals surface area contributed by atoms with E-state index in [1.54, 1.807) is 12.1 Å². The molecule has 0 bridgehead atoms. The summed E-state index contributed by atoms with van der Waals surface area (Å²) in [5.74, 6) is 0.611. The van der Waals surface area contributed by atoms with Crippen molar-refractivity contribution in [3.05, 3.63) is 54.3 Å². The third-order valence-corrected chi connectivity index (χ3v) is 3.84. The standard InChI is InChI=1S/C19H20FNO4/c1-2-15(25-16-8-4-3-7-14(16)20)19(22)21-11-13-12-23-17-9-5-6-10-18(17)24-13/h3-10,13,15H,2,11-12H2,1H3,(H,21,22)/t13-,15-/m0/s1. The first-order chi connectivity index (χ1) is 12.2. The zero-order chi connectivity index (χ0) is 17.6. The van der Waals surface area contributed by atoms with Crippen molar-refractivity contribution in [3.8, 4) is 17.2 Å². The highest BCUT2D eigenvalue weighted by molar-refractivity contribution is 5.81. The third kappa shape index (κ3) is 4.21. The van der Waals surface area contributed by atoms with E-state index in [2.05, 4.69) is 5.32 Å². The number of hydrogen-bond acceptors (Lipinski definition) is 4. The molecule has 2 atom stereocenters. The van der Waals surface area contributed by atoms with E-state index in [0.717, 1.165) is 0 Å². The van der Waals surface area contributed by atoms with Crippen LogP contribution in [0.1, 0.15) is 13.3 Å². The van der Waals surface area contributed by atoms with E-state index in [1.165, 1.54) is 12.1 Å². The van der Waals surface area contributed by atoms with E-state index in [1.807, 2.05) is 31.2 Å². The van der Waals surface area contributed by atoms with Crippen LogP contribution in [0, 0.1) is 5.82 Å². The molecule has 25 heavy (non-hydrogen) atoms. The molecule has 0 spiro atoms. The Kier molecular flexibility index (Phi) is 5.38. The van der Waals surface area contributed by atoms with E-state index in [0.29, 0.717) is 24.5 Å².